The van der Waals surface area contributed by atoms with Crippen molar-refractivity contribution in [1.82, 2.24) is 14.7 Å². The molecule has 0 bridgehead atoms. The lowest BCUT2D eigenvalue weighted by Gasteiger charge is -2.42. The molecule has 2 aromatic carbocycles. The molecule has 10 heteroatoms. The first-order valence-corrected chi connectivity index (χ1v) is 11.6. The zero-order valence-corrected chi connectivity index (χ0v) is 19.4. The summed E-state index contributed by atoms with van der Waals surface area (Å²) in [6, 6.07) is 12.0. The third kappa shape index (κ3) is 4.02. The van der Waals surface area contributed by atoms with E-state index in [0.717, 1.165) is 12.3 Å². The number of nitrogens with zero attached hydrogens (tertiary/aromatic N) is 3. The fourth-order valence-corrected chi connectivity index (χ4v) is 5.23. The number of halogens is 2. The lowest BCUT2D eigenvalue weighted by atomic mass is 9.79. The summed E-state index contributed by atoms with van der Waals surface area (Å²) < 4.78 is 41.3. The van der Waals surface area contributed by atoms with Crippen LogP contribution < -0.4 is 10.2 Å². The third-order valence-corrected chi connectivity index (χ3v) is 6.69. The first kappa shape index (κ1) is 23.7. The maximum Gasteiger partial charge on any atom is 0.305 e. The number of esters is 1. The molecule has 0 aliphatic carbocycles. The fourth-order valence-electron chi connectivity index (χ4n) is 5.23. The molecule has 5 rings (SSSR count). The molecule has 0 unspecified atom stereocenters. The Bertz CT molecular complexity index is 1380. The first-order valence-electron chi connectivity index (χ1n) is 11.6. The standard InChI is InChI=1S/C26H23F2N3O5/c1-15(32)35-14-36-25-20(33)13-29-31-23(19-11-6-12-30(19)26(34)24(25)31)21(16-7-3-2-4-8-16)17-9-5-10-18(27)22(17)28/h2-5,7-10,13,19,21,23H,6,11-12,14H2,1H3/t19-,21-,23-/m1/s1. The predicted molar refractivity (Wildman–Crippen MR) is 123 cm³/mol. The third-order valence-electron chi connectivity index (χ3n) is 6.69. The van der Waals surface area contributed by atoms with Crippen molar-refractivity contribution in [3.63, 3.8) is 0 Å². The Morgan fingerprint density at radius 2 is 1.92 bits per heavy atom. The molecule has 2 aliphatic rings. The number of carbonyl (C=O) groups is 2. The average molecular weight is 495 g/mol. The van der Waals surface area contributed by atoms with Gasteiger partial charge in [0.2, 0.25) is 18.0 Å². The monoisotopic (exact) mass is 495 g/mol. The van der Waals surface area contributed by atoms with Crippen molar-refractivity contribution < 1.29 is 27.8 Å². The van der Waals surface area contributed by atoms with Crippen LogP contribution in [0.4, 0.5) is 8.78 Å². The van der Waals surface area contributed by atoms with E-state index in [1.807, 2.05) is 18.2 Å². The van der Waals surface area contributed by atoms with Gasteiger partial charge in [-0.05, 0) is 24.5 Å². The Hall–Kier alpha value is -4.08. The van der Waals surface area contributed by atoms with Gasteiger partial charge in [0.25, 0.3) is 5.91 Å². The van der Waals surface area contributed by atoms with Crippen molar-refractivity contribution in [2.75, 3.05) is 13.3 Å². The Morgan fingerprint density at radius 1 is 1.14 bits per heavy atom. The van der Waals surface area contributed by atoms with Crippen LogP contribution in [0.25, 0.3) is 0 Å². The van der Waals surface area contributed by atoms with E-state index in [-0.39, 0.29) is 23.0 Å². The van der Waals surface area contributed by atoms with Crippen molar-refractivity contribution in [2.45, 2.75) is 37.8 Å². The second kappa shape index (κ2) is 9.52. The second-order valence-electron chi connectivity index (χ2n) is 8.76. The van der Waals surface area contributed by atoms with Gasteiger partial charge in [0.1, 0.15) is 0 Å². The second-order valence-corrected chi connectivity index (χ2v) is 8.76. The van der Waals surface area contributed by atoms with Crippen LogP contribution in [0.2, 0.25) is 0 Å². The molecule has 0 radical (unpaired) electrons. The van der Waals surface area contributed by atoms with Gasteiger partial charge in [-0.25, -0.2) is 8.78 Å². The number of carbonyl (C=O) groups excluding carboxylic acids is 2. The molecule has 0 spiro atoms. The van der Waals surface area contributed by atoms with Crippen molar-refractivity contribution in [2.24, 2.45) is 0 Å². The van der Waals surface area contributed by atoms with Crippen molar-refractivity contribution in [1.29, 1.82) is 0 Å². The maximum atomic E-state index is 15.3. The summed E-state index contributed by atoms with van der Waals surface area (Å²) in [6.45, 7) is 1.05. The number of amides is 1. The Morgan fingerprint density at radius 3 is 2.67 bits per heavy atom. The summed E-state index contributed by atoms with van der Waals surface area (Å²) in [4.78, 5) is 39.1. The van der Waals surface area contributed by atoms with Crippen LogP contribution in [-0.4, -0.2) is 45.9 Å². The van der Waals surface area contributed by atoms with E-state index in [1.54, 1.807) is 17.0 Å². The van der Waals surface area contributed by atoms with Crippen molar-refractivity contribution >= 4 is 11.9 Å². The van der Waals surface area contributed by atoms with E-state index >= 15 is 4.39 Å². The number of ether oxygens (including phenoxy) is 2. The molecule has 2 aliphatic heterocycles. The van der Waals surface area contributed by atoms with Gasteiger partial charge < -0.3 is 14.4 Å². The van der Waals surface area contributed by atoms with Crippen LogP contribution in [-0.2, 0) is 9.53 Å². The molecule has 3 aromatic rings. The normalized spacial score (nSPS) is 19.4. The summed E-state index contributed by atoms with van der Waals surface area (Å²) in [5.74, 6) is -4.09. The van der Waals surface area contributed by atoms with Gasteiger partial charge in [-0.3, -0.25) is 19.1 Å². The molecule has 1 aromatic heterocycles. The molecule has 1 amide bonds. The number of fused-ring (bicyclic) bond motifs is 2. The Kier molecular flexibility index (Phi) is 6.26. The van der Waals surface area contributed by atoms with E-state index in [0.29, 0.717) is 24.9 Å². The molecule has 186 valence electrons. The van der Waals surface area contributed by atoms with E-state index in [1.165, 1.54) is 23.7 Å². The zero-order chi connectivity index (χ0) is 25.4. The lowest BCUT2D eigenvalue weighted by molar-refractivity contribution is -0.147. The Balaban J connectivity index is 1.73. The summed E-state index contributed by atoms with van der Waals surface area (Å²) >= 11 is 0. The van der Waals surface area contributed by atoms with Gasteiger partial charge in [-0.2, -0.15) is 5.10 Å². The van der Waals surface area contributed by atoms with Gasteiger partial charge in [-0.15, -0.1) is 0 Å². The number of rotatable bonds is 6. The minimum absolute atomic E-state index is 0.112. The highest BCUT2D eigenvalue weighted by molar-refractivity contribution is 5.96. The number of benzene rings is 2. The highest BCUT2D eigenvalue weighted by Gasteiger charge is 2.48. The summed E-state index contributed by atoms with van der Waals surface area (Å²) in [6.07, 6.45) is 2.33. The predicted octanol–water partition coefficient (Wildman–Crippen LogP) is 3.41. The largest absolute Gasteiger partial charge is 0.451 e. The number of aromatic nitrogens is 2. The van der Waals surface area contributed by atoms with Crippen LogP contribution in [0.5, 0.6) is 5.75 Å². The smallest absolute Gasteiger partial charge is 0.305 e. The first-order chi connectivity index (χ1) is 17.4. The van der Waals surface area contributed by atoms with E-state index in [4.69, 9.17) is 9.47 Å². The highest BCUT2D eigenvalue weighted by atomic mass is 19.2. The molecular weight excluding hydrogens is 472 g/mol. The number of hydrogen-bond acceptors (Lipinski definition) is 6. The van der Waals surface area contributed by atoms with Crippen LogP contribution in [0.1, 0.15) is 53.3 Å². The molecule has 3 heterocycles. The average Bonchev–Trinajstić information content (AvgIpc) is 3.35. The minimum atomic E-state index is -0.985. The topological polar surface area (TPSA) is 90.7 Å². The molecule has 1 fully saturated rings. The summed E-state index contributed by atoms with van der Waals surface area (Å²) in [5, 5.41) is 4.29. The quantitative estimate of drug-likeness (QED) is 0.385. The molecule has 36 heavy (non-hydrogen) atoms. The van der Waals surface area contributed by atoms with Crippen LogP contribution in [0, 0.1) is 11.6 Å². The van der Waals surface area contributed by atoms with E-state index in [9.17, 15) is 18.8 Å². The van der Waals surface area contributed by atoms with Gasteiger partial charge in [0, 0.05) is 24.9 Å². The zero-order valence-electron chi connectivity index (χ0n) is 19.4. The molecule has 3 atom stereocenters. The van der Waals surface area contributed by atoms with Gasteiger partial charge in [0.15, 0.2) is 17.3 Å². The van der Waals surface area contributed by atoms with Gasteiger partial charge in [0.05, 0.1) is 18.3 Å². The molecule has 0 N–H and O–H groups in total. The van der Waals surface area contributed by atoms with Crippen molar-refractivity contribution in [3.05, 3.63) is 93.4 Å². The molecule has 0 saturated carbocycles. The van der Waals surface area contributed by atoms with Gasteiger partial charge in [-0.1, -0.05) is 42.5 Å². The maximum absolute atomic E-state index is 15.3. The van der Waals surface area contributed by atoms with Crippen LogP contribution in [0.15, 0.2) is 59.5 Å². The van der Waals surface area contributed by atoms with Crippen LogP contribution in [0.3, 0.4) is 0 Å². The number of hydrogen-bond donors (Lipinski definition) is 0. The molecular formula is C26H23F2N3O5. The molecule has 8 nitrogen and oxygen atoms in total. The molecule has 1 saturated heterocycles. The fraction of sp³-hybridized carbons (Fsp3) is 0.308. The van der Waals surface area contributed by atoms with E-state index in [2.05, 4.69) is 5.10 Å². The van der Waals surface area contributed by atoms with E-state index < -0.39 is 47.7 Å². The SMILES string of the molecule is CC(=O)OCOc1c2n(ncc1=O)[C@@H]([C@H](c1ccccc1)c1cccc(F)c1F)[C@H]1CCCN1C2=O. The van der Waals surface area contributed by atoms with Crippen molar-refractivity contribution in [3.8, 4) is 5.75 Å². The summed E-state index contributed by atoms with van der Waals surface area (Å²) in [5.41, 5.74) is 0.0325. The van der Waals surface area contributed by atoms with Crippen LogP contribution >= 0.6 is 0 Å². The lowest BCUT2D eigenvalue weighted by Crippen LogP contribution is -2.51. The highest BCUT2D eigenvalue weighted by Crippen LogP contribution is 2.46. The Labute approximate surface area is 205 Å². The minimum Gasteiger partial charge on any atom is -0.451 e. The van der Waals surface area contributed by atoms with Gasteiger partial charge >= 0.3 is 5.97 Å². The summed E-state index contributed by atoms with van der Waals surface area (Å²) in [7, 11) is 0.